The Labute approximate surface area is 91.1 Å². The Morgan fingerprint density at radius 3 is 2.50 bits per heavy atom. The molecule has 80 valence electrons. The molecule has 2 aliphatic rings. The van der Waals surface area contributed by atoms with Gasteiger partial charge in [0.15, 0.2) is 0 Å². The van der Waals surface area contributed by atoms with Crippen LogP contribution in [0.15, 0.2) is 0 Å². The third-order valence-electron chi connectivity index (χ3n) is 4.44. The molecule has 14 heavy (non-hydrogen) atoms. The molecular formula is C12H24BSi-. The van der Waals surface area contributed by atoms with Crippen LogP contribution in [0.3, 0.4) is 0 Å². The highest BCUT2D eigenvalue weighted by Crippen LogP contribution is 2.48. The highest BCUT2D eigenvalue weighted by atomic mass is 28.3. The summed E-state index contributed by atoms with van der Waals surface area (Å²) in [7, 11) is 1.80. The highest BCUT2D eigenvalue weighted by Gasteiger charge is 2.31. The van der Waals surface area contributed by atoms with Crippen molar-refractivity contribution >= 4 is 15.4 Å². The van der Waals surface area contributed by atoms with Crippen LogP contribution in [0.5, 0.6) is 0 Å². The summed E-state index contributed by atoms with van der Waals surface area (Å²) in [5.41, 5.74) is 1.09. The lowest BCUT2D eigenvalue weighted by atomic mass is 9.59. The summed E-state index contributed by atoms with van der Waals surface area (Å²) in [4.78, 5) is 0. The minimum Gasteiger partial charge on any atom is -0.332 e. The van der Waals surface area contributed by atoms with Crippen molar-refractivity contribution < 1.29 is 0 Å². The molecular weight excluding hydrogens is 183 g/mol. The summed E-state index contributed by atoms with van der Waals surface area (Å²) >= 11 is 0. The second-order valence-electron chi connectivity index (χ2n) is 6.48. The molecule has 0 saturated carbocycles. The normalized spacial score (nSPS) is 39.2. The average Bonchev–Trinajstić information content (AvgIpc) is 2.32. The molecule has 0 aromatic heterocycles. The van der Waals surface area contributed by atoms with Gasteiger partial charge in [0.05, 0.1) is 0 Å². The molecule has 2 unspecified atom stereocenters. The zero-order valence-electron chi connectivity index (χ0n) is 10.1. The molecule has 0 spiro atoms. The fourth-order valence-corrected chi connectivity index (χ4v) is 6.20. The van der Waals surface area contributed by atoms with E-state index >= 15 is 0 Å². The molecule has 0 nitrogen and oxygen atoms in total. The molecule has 0 N–H and O–H groups in total. The summed E-state index contributed by atoms with van der Waals surface area (Å²) < 4.78 is 0. The van der Waals surface area contributed by atoms with Gasteiger partial charge in [-0.3, -0.25) is 0 Å². The number of hydrogen-bond donors (Lipinski definition) is 0. The van der Waals surface area contributed by atoms with E-state index in [1.807, 2.05) is 0 Å². The smallest absolute Gasteiger partial charge is 0.0443 e. The van der Waals surface area contributed by atoms with Gasteiger partial charge in [-0.25, -0.2) is 12.1 Å². The first-order valence-electron chi connectivity index (χ1n) is 6.40. The molecule has 2 bridgehead atoms. The molecule has 2 aliphatic heterocycles. The molecule has 2 fully saturated rings. The molecule has 2 saturated heterocycles. The van der Waals surface area contributed by atoms with Crippen molar-refractivity contribution in [3.05, 3.63) is 0 Å². The monoisotopic (exact) mass is 207 g/mol. The predicted molar refractivity (Wildman–Crippen MR) is 68.0 cm³/mol. The maximum Gasteiger partial charge on any atom is 0.0443 e. The molecule has 0 aromatic carbocycles. The first kappa shape index (κ1) is 10.8. The van der Waals surface area contributed by atoms with E-state index < -0.39 is 8.07 Å². The molecule has 2 heteroatoms. The van der Waals surface area contributed by atoms with E-state index in [0.717, 1.165) is 17.3 Å². The van der Waals surface area contributed by atoms with Crippen LogP contribution in [0.2, 0.25) is 37.3 Å². The van der Waals surface area contributed by atoms with E-state index in [-0.39, 0.29) is 0 Å². The maximum atomic E-state index is 2.70. The summed E-state index contributed by atoms with van der Waals surface area (Å²) in [5.74, 6) is 2.05. The number of fused-ring (bicyclic) bond motifs is 3. The van der Waals surface area contributed by atoms with Crippen LogP contribution in [0.1, 0.15) is 32.1 Å². The van der Waals surface area contributed by atoms with Gasteiger partial charge in [0.2, 0.25) is 0 Å². The summed E-state index contributed by atoms with van der Waals surface area (Å²) in [6, 6.07) is 0. The summed E-state index contributed by atoms with van der Waals surface area (Å²) in [5, 5.41) is 0. The van der Waals surface area contributed by atoms with Crippen LogP contribution in [0.4, 0.5) is 0 Å². The van der Waals surface area contributed by atoms with Gasteiger partial charge in [0, 0.05) is 8.07 Å². The third kappa shape index (κ3) is 2.26. The van der Waals surface area contributed by atoms with E-state index in [4.69, 9.17) is 0 Å². The van der Waals surface area contributed by atoms with Crippen LogP contribution in [0.25, 0.3) is 0 Å². The molecule has 0 amide bonds. The van der Waals surface area contributed by atoms with E-state index in [0.29, 0.717) is 0 Å². The second kappa shape index (κ2) is 4.04. The topological polar surface area (TPSA) is 0 Å². The second-order valence-corrected chi connectivity index (χ2v) is 12.0. The molecule has 2 rings (SSSR count). The largest absolute Gasteiger partial charge is 0.332 e. The Bertz CT molecular complexity index is 197. The molecule has 0 aromatic rings. The lowest BCUT2D eigenvalue weighted by Gasteiger charge is -2.42. The first-order chi connectivity index (χ1) is 6.57. The van der Waals surface area contributed by atoms with E-state index in [9.17, 15) is 0 Å². The highest BCUT2D eigenvalue weighted by molar-refractivity contribution is 6.78. The van der Waals surface area contributed by atoms with Crippen molar-refractivity contribution in [1.82, 2.24) is 0 Å². The van der Waals surface area contributed by atoms with Gasteiger partial charge < -0.3 is 7.28 Å². The van der Waals surface area contributed by atoms with Crippen molar-refractivity contribution in [3.63, 3.8) is 0 Å². The first-order valence-corrected chi connectivity index (χ1v) is 9.98. The van der Waals surface area contributed by atoms with Crippen LogP contribution in [-0.4, -0.2) is 15.4 Å². The SMILES string of the molecule is C[Si](C)(C)[C@H]1CCC2C[B-]C1CCC2. The Morgan fingerprint density at radius 2 is 1.79 bits per heavy atom. The standard InChI is InChI=1S/C12H24BSi/c1-14(2,3)12-8-7-10-5-4-6-11(12)13-9-10/h10-12H,4-9H2,1-3H3/q-1/t10?,11?,12-/m0/s1. The summed E-state index contributed by atoms with van der Waals surface area (Å²) in [6.45, 7) is 7.71. The molecule has 3 atom stereocenters. The van der Waals surface area contributed by atoms with Crippen molar-refractivity contribution in [2.75, 3.05) is 0 Å². The Hall–Kier alpha value is 0.282. The van der Waals surface area contributed by atoms with E-state index in [1.54, 1.807) is 6.42 Å². The quantitative estimate of drug-likeness (QED) is 0.565. The Balaban J connectivity index is 2.11. The van der Waals surface area contributed by atoms with Crippen molar-refractivity contribution in [1.29, 1.82) is 0 Å². The maximum absolute atomic E-state index is 2.70. The Kier molecular flexibility index (Phi) is 3.11. The third-order valence-corrected chi connectivity index (χ3v) is 7.38. The van der Waals surface area contributed by atoms with Gasteiger partial charge in [-0.2, -0.15) is 0 Å². The fourth-order valence-electron chi connectivity index (χ4n) is 3.58. The zero-order valence-corrected chi connectivity index (χ0v) is 11.1. The fraction of sp³-hybridized carbons (Fsp3) is 1.00. The van der Waals surface area contributed by atoms with Gasteiger partial charge in [0.1, 0.15) is 0 Å². The number of hydrogen-bond acceptors (Lipinski definition) is 0. The molecule has 0 aliphatic carbocycles. The minimum atomic E-state index is -0.900. The number of rotatable bonds is 1. The zero-order chi connectivity index (χ0) is 10.2. The molecule has 2 radical (unpaired) electrons. The van der Waals surface area contributed by atoms with Crippen LogP contribution < -0.4 is 0 Å². The van der Waals surface area contributed by atoms with Crippen LogP contribution >= 0.6 is 0 Å². The van der Waals surface area contributed by atoms with Gasteiger partial charge in [0.25, 0.3) is 0 Å². The van der Waals surface area contributed by atoms with Gasteiger partial charge in [-0.05, 0) is 0 Å². The minimum absolute atomic E-state index is 0.900. The van der Waals surface area contributed by atoms with Gasteiger partial charge in [-0.1, -0.05) is 63.2 Å². The average molecular weight is 207 g/mol. The van der Waals surface area contributed by atoms with Crippen LogP contribution in [0, 0.1) is 5.92 Å². The predicted octanol–water partition coefficient (Wildman–Crippen LogP) is 4.20. The van der Waals surface area contributed by atoms with Crippen LogP contribution in [-0.2, 0) is 0 Å². The molecule has 2 heterocycles. The van der Waals surface area contributed by atoms with Crippen molar-refractivity contribution in [2.24, 2.45) is 5.92 Å². The van der Waals surface area contributed by atoms with E-state index in [2.05, 4.69) is 26.9 Å². The summed E-state index contributed by atoms with van der Waals surface area (Å²) in [6.07, 6.45) is 9.04. The lowest BCUT2D eigenvalue weighted by molar-refractivity contribution is 0.421. The Morgan fingerprint density at radius 1 is 1.00 bits per heavy atom. The van der Waals surface area contributed by atoms with Crippen molar-refractivity contribution in [2.45, 2.75) is 69.4 Å². The van der Waals surface area contributed by atoms with Crippen molar-refractivity contribution in [3.8, 4) is 0 Å². The van der Waals surface area contributed by atoms with E-state index in [1.165, 1.54) is 32.0 Å². The van der Waals surface area contributed by atoms with Gasteiger partial charge >= 0.3 is 0 Å². The van der Waals surface area contributed by atoms with Gasteiger partial charge in [-0.15, -0.1) is 0 Å². The lowest BCUT2D eigenvalue weighted by Crippen LogP contribution is -2.32.